The van der Waals surface area contributed by atoms with Crippen molar-refractivity contribution in [2.75, 3.05) is 6.54 Å². The highest BCUT2D eigenvalue weighted by Gasteiger charge is 2.01. The number of hydrogen-bond donors (Lipinski definition) is 2. The minimum atomic E-state index is -0.330. The highest BCUT2D eigenvalue weighted by atomic mass is 35.5. The molecule has 96 valence electrons. The molecule has 1 aromatic carbocycles. The minimum absolute atomic E-state index is 0.114. The first-order valence-electron chi connectivity index (χ1n) is 5.58. The third-order valence-corrected chi connectivity index (χ3v) is 2.58. The van der Waals surface area contributed by atoms with Crippen molar-refractivity contribution in [3.63, 3.8) is 0 Å². The molecule has 5 heteroatoms. The molecule has 1 rings (SSSR count). The van der Waals surface area contributed by atoms with Gasteiger partial charge in [-0.25, -0.2) is 0 Å². The van der Waals surface area contributed by atoms with Gasteiger partial charge in [-0.05, 0) is 37.1 Å². The summed E-state index contributed by atoms with van der Waals surface area (Å²) >= 11 is 6.04. The first-order chi connectivity index (χ1) is 8.54. The number of nitrogens with two attached hydrogens (primary N) is 1. The Morgan fingerprint density at radius 3 is 2.89 bits per heavy atom. The molecule has 0 saturated heterocycles. The number of aryl methyl sites for hydroxylation is 1. The molecule has 0 aliphatic rings. The van der Waals surface area contributed by atoms with Crippen molar-refractivity contribution in [1.29, 1.82) is 0 Å². The van der Waals surface area contributed by atoms with Gasteiger partial charge < -0.3 is 5.73 Å². The molecule has 0 fully saturated rings. The van der Waals surface area contributed by atoms with Crippen LogP contribution < -0.4 is 11.1 Å². The van der Waals surface area contributed by atoms with Crippen LogP contribution in [0, 0.1) is 6.92 Å². The minimum Gasteiger partial charge on any atom is -0.370 e. The molecule has 0 radical (unpaired) electrons. The van der Waals surface area contributed by atoms with Crippen LogP contribution in [0.5, 0.6) is 0 Å². The van der Waals surface area contributed by atoms with Crippen molar-refractivity contribution < 1.29 is 4.79 Å². The number of carbonyl (C=O) groups is 1. The smallest absolute Gasteiger partial charge is 0.250 e. The molecule has 18 heavy (non-hydrogen) atoms. The maximum atomic E-state index is 11.5. The van der Waals surface area contributed by atoms with Gasteiger partial charge in [0.15, 0.2) is 5.96 Å². The summed E-state index contributed by atoms with van der Waals surface area (Å²) in [5, 5.41) is 3.05. The summed E-state index contributed by atoms with van der Waals surface area (Å²) in [7, 11) is 0. The monoisotopic (exact) mass is 265 g/mol. The lowest BCUT2D eigenvalue weighted by Gasteiger charge is -2.03. The average molecular weight is 266 g/mol. The van der Waals surface area contributed by atoms with E-state index in [1.807, 2.05) is 26.0 Å². The van der Waals surface area contributed by atoms with Gasteiger partial charge in [-0.15, -0.1) is 0 Å². The van der Waals surface area contributed by atoms with Gasteiger partial charge in [0.1, 0.15) is 0 Å². The molecule has 0 atom stereocenters. The third kappa shape index (κ3) is 4.22. The predicted molar refractivity (Wildman–Crippen MR) is 75.5 cm³/mol. The molecule has 0 heterocycles. The van der Waals surface area contributed by atoms with E-state index in [4.69, 9.17) is 17.3 Å². The molecular formula is C13H16ClN3O. The third-order valence-electron chi connectivity index (χ3n) is 2.25. The van der Waals surface area contributed by atoms with E-state index < -0.39 is 0 Å². The van der Waals surface area contributed by atoms with Crippen molar-refractivity contribution in [2.24, 2.45) is 10.7 Å². The Hall–Kier alpha value is -1.81. The van der Waals surface area contributed by atoms with Crippen LogP contribution in [0.3, 0.4) is 0 Å². The molecule has 1 amide bonds. The fourth-order valence-corrected chi connectivity index (χ4v) is 1.68. The maximum absolute atomic E-state index is 11.5. The van der Waals surface area contributed by atoms with Crippen LogP contribution in [0.1, 0.15) is 18.1 Å². The summed E-state index contributed by atoms with van der Waals surface area (Å²) in [5.74, 6) is -0.216. The number of rotatable bonds is 3. The number of guanidine groups is 1. The molecule has 0 saturated carbocycles. The van der Waals surface area contributed by atoms with E-state index >= 15 is 0 Å². The van der Waals surface area contributed by atoms with E-state index in [1.54, 1.807) is 12.1 Å². The fraction of sp³-hybridized carbons (Fsp3) is 0.231. The van der Waals surface area contributed by atoms with E-state index in [9.17, 15) is 4.79 Å². The molecule has 0 spiro atoms. The van der Waals surface area contributed by atoms with E-state index in [0.717, 1.165) is 11.1 Å². The number of halogens is 1. The van der Waals surface area contributed by atoms with Gasteiger partial charge >= 0.3 is 0 Å². The summed E-state index contributed by atoms with van der Waals surface area (Å²) in [6.45, 7) is 4.29. The van der Waals surface area contributed by atoms with Gasteiger partial charge in [0.05, 0.1) is 0 Å². The van der Waals surface area contributed by atoms with Gasteiger partial charge in [0.25, 0.3) is 5.91 Å². The number of amides is 1. The molecule has 3 N–H and O–H groups in total. The Labute approximate surface area is 112 Å². The number of aliphatic imine (C=N–C) groups is 1. The number of nitrogens with zero attached hydrogens (tertiary/aromatic N) is 1. The Balaban J connectivity index is 2.75. The number of nitrogens with one attached hydrogen (secondary N) is 1. The Kier molecular flexibility index (Phi) is 5.39. The maximum Gasteiger partial charge on any atom is 0.250 e. The number of hydrogen-bond acceptors (Lipinski definition) is 2. The van der Waals surface area contributed by atoms with E-state index in [0.29, 0.717) is 11.6 Å². The molecule has 1 aromatic rings. The number of carbonyl (C=O) groups excluding carboxylic acids is 1. The normalized spacial score (nSPS) is 11.8. The zero-order valence-electron chi connectivity index (χ0n) is 10.4. The summed E-state index contributed by atoms with van der Waals surface area (Å²) < 4.78 is 0. The van der Waals surface area contributed by atoms with Crippen molar-refractivity contribution in [2.45, 2.75) is 13.8 Å². The Morgan fingerprint density at radius 1 is 1.56 bits per heavy atom. The lowest BCUT2D eigenvalue weighted by atomic mass is 10.1. The molecular weight excluding hydrogens is 250 g/mol. The summed E-state index contributed by atoms with van der Waals surface area (Å²) in [5.41, 5.74) is 7.29. The van der Waals surface area contributed by atoms with Crippen molar-refractivity contribution in [3.05, 3.63) is 40.4 Å². The second-order valence-electron chi connectivity index (χ2n) is 3.65. The van der Waals surface area contributed by atoms with E-state index in [2.05, 4.69) is 10.3 Å². The van der Waals surface area contributed by atoms with Crippen LogP contribution in [-0.4, -0.2) is 18.4 Å². The standard InChI is InChI=1S/C13H16ClN3O/c1-3-16-13(15)17-12(18)8-7-10-9(2)5-4-6-11(10)14/h4-8H,3H2,1-2H3,(H3,15,16,17,18). The topological polar surface area (TPSA) is 67.5 Å². The van der Waals surface area contributed by atoms with Crippen molar-refractivity contribution in [3.8, 4) is 0 Å². The zero-order valence-corrected chi connectivity index (χ0v) is 11.2. The molecule has 0 bridgehead atoms. The second kappa shape index (κ2) is 6.81. The van der Waals surface area contributed by atoms with Crippen LogP contribution in [0.25, 0.3) is 6.08 Å². The molecule has 4 nitrogen and oxygen atoms in total. The summed E-state index contributed by atoms with van der Waals surface area (Å²) in [6.07, 6.45) is 3.04. The SMILES string of the molecule is CCN=C(N)NC(=O)C=Cc1c(C)cccc1Cl. The van der Waals surface area contributed by atoms with Gasteiger partial charge in [-0.1, -0.05) is 23.7 Å². The summed E-state index contributed by atoms with van der Waals surface area (Å²) in [6, 6.07) is 5.57. The Morgan fingerprint density at radius 2 is 2.28 bits per heavy atom. The van der Waals surface area contributed by atoms with Gasteiger partial charge in [0, 0.05) is 17.6 Å². The quantitative estimate of drug-likeness (QED) is 0.499. The van der Waals surface area contributed by atoms with Crippen LogP contribution in [0.4, 0.5) is 0 Å². The molecule has 0 aliphatic carbocycles. The lowest BCUT2D eigenvalue weighted by molar-refractivity contribution is -0.115. The number of benzene rings is 1. The summed E-state index contributed by atoms with van der Waals surface area (Å²) in [4.78, 5) is 15.4. The second-order valence-corrected chi connectivity index (χ2v) is 4.06. The first-order valence-corrected chi connectivity index (χ1v) is 5.96. The van der Waals surface area contributed by atoms with Crippen LogP contribution in [0.2, 0.25) is 5.02 Å². The predicted octanol–water partition coefficient (Wildman–Crippen LogP) is 2.11. The van der Waals surface area contributed by atoms with E-state index in [1.165, 1.54) is 6.08 Å². The average Bonchev–Trinajstić information content (AvgIpc) is 2.28. The zero-order chi connectivity index (χ0) is 13.5. The highest BCUT2D eigenvalue weighted by molar-refractivity contribution is 6.32. The first kappa shape index (κ1) is 14.3. The molecule has 0 unspecified atom stereocenters. The van der Waals surface area contributed by atoms with Gasteiger partial charge in [0.2, 0.25) is 0 Å². The Bertz CT molecular complexity index is 475. The van der Waals surface area contributed by atoms with Crippen LogP contribution >= 0.6 is 11.6 Å². The van der Waals surface area contributed by atoms with Crippen molar-refractivity contribution >= 4 is 29.5 Å². The largest absolute Gasteiger partial charge is 0.370 e. The van der Waals surface area contributed by atoms with Gasteiger partial charge in [-0.2, -0.15) is 0 Å². The van der Waals surface area contributed by atoms with Crippen LogP contribution in [0.15, 0.2) is 29.3 Å². The lowest BCUT2D eigenvalue weighted by Crippen LogP contribution is -2.35. The fourth-order valence-electron chi connectivity index (χ4n) is 1.39. The van der Waals surface area contributed by atoms with Crippen LogP contribution in [-0.2, 0) is 4.79 Å². The van der Waals surface area contributed by atoms with Gasteiger partial charge in [-0.3, -0.25) is 15.1 Å². The molecule has 0 aromatic heterocycles. The van der Waals surface area contributed by atoms with Crippen molar-refractivity contribution in [1.82, 2.24) is 5.32 Å². The molecule has 0 aliphatic heterocycles. The highest BCUT2D eigenvalue weighted by Crippen LogP contribution is 2.20. The van der Waals surface area contributed by atoms with E-state index in [-0.39, 0.29) is 11.9 Å².